The second-order valence-corrected chi connectivity index (χ2v) is 5.92. The van der Waals surface area contributed by atoms with Crippen LogP contribution in [0.1, 0.15) is 17.4 Å². The molecule has 0 unspecified atom stereocenters. The smallest absolute Gasteiger partial charge is 0.317 e. The zero-order valence-corrected chi connectivity index (χ0v) is 13.7. The van der Waals surface area contributed by atoms with E-state index < -0.39 is 0 Å². The predicted molar refractivity (Wildman–Crippen MR) is 88.1 cm³/mol. The lowest BCUT2D eigenvalue weighted by molar-refractivity contribution is -0.0156. The highest BCUT2D eigenvalue weighted by molar-refractivity contribution is 6.30. The molecule has 1 fully saturated rings. The number of morpholine rings is 1. The number of carbonyl (C=O) groups excluding carboxylic acids is 1. The predicted octanol–water partition coefficient (Wildman–Crippen LogP) is 3.16. The summed E-state index contributed by atoms with van der Waals surface area (Å²) in [5.41, 5.74) is 1.45. The Morgan fingerprint density at radius 1 is 1.42 bits per heavy atom. The number of rotatable bonds is 3. The molecule has 0 bridgehead atoms. The first-order chi connectivity index (χ1) is 11.6. The Kier molecular flexibility index (Phi) is 5.27. The number of ether oxygens (including phenoxy) is 1. The summed E-state index contributed by atoms with van der Waals surface area (Å²) >= 11 is 5.78. The van der Waals surface area contributed by atoms with Crippen LogP contribution in [0, 0.1) is 5.82 Å². The fourth-order valence-corrected chi connectivity index (χ4v) is 2.64. The van der Waals surface area contributed by atoms with Crippen molar-refractivity contribution >= 4 is 17.6 Å². The number of hydrogen-bond acceptors (Lipinski definition) is 3. The molecule has 2 amide bonds. The summed E-state index contributed by atoms with van der Waals surface area (Å²) in [5.74, 6) is -0.313. The molecule has 3 rings (SSSR count). The Morgan fingerprint density at radius 2 is 2.29 bits per heavy atom. The number of hydrogen-bond donors (Lipinski definition) is 1. The van der Waals surface area contributed by atoms with Crippen LogP contribution in [-0.4, -0.2) is 35.6 Å². The van der Waals surface area contributed by atoms with E-state index in [2.05, 4.69) is 10.3 Å². The standard InChI is InChI=1S/C17H17ClFN3O2/c18-13-4-5-15(20-9-13)10-21-17(23)22-6-7-24-16(11-22)12-2-1-3-14(19)8-12/h1-5,8-9,16H,6-7,10-11H2,(H,21,23)/t16-/m0/s1. The van der Waals surface area contributed by atoms with Gasteiger partial charge in [0.2, 0.25) is 0 Å². The van der Waals surface area contributed by atoms with Gasteiger partial charge in [0.1, 0.15) is 11.9 Å². The fourth-order valence-electron chi connectivity index (χ4n) is 2.53. The molecule has 7 heteroatoms. The number of nitrogens with zero attached hydrogens (tertiary/aromatic N) is 2. The van der Waals surface area contributed by atoms with Gasteiger partial charge in [0.05, 0.1) is 30.4 Å². The molecule has 5 nitrogen and oxygen atoms in total. The van der Waals surface area contributed by atoms with E-state index in [1.165, 1.54) is 18.3 Å². The zero-order chi connectivity index (χ0) is 16.9. The van der Waals surface area contributed by atoms with Gasteiger partial charge in [-0.2, -0.15) is 0 Å². The molecule has 0 spiro atoms. The van der Waals surface area contributed by atoms with Crippen molar-refractivity contribution in [3.05, 3.63) is 64.7 Å². The third-order valence-corrected chi connectivity index (χ3v) is 4.01. The number of carbonyl (C=O) groups is 1. The van der Waals surface area contributed by atoms with Crippen LogP contribution in [0.25, 0.3) is 0 Å². The van der Waals surface area contributed by atoms with Crippen LogP contribution in [-0.2, 0) is 11.3 Å². The van der Waals surface area contributed by atoms with Crippen LogP contribution in [0.3, 0.4) is 0 Å². The second kappa shape index (κ2) is 7.59. The van der Waals surface area contributed by atoms with E-state index in [1.807, 2.05) is 0 Å². The first-order valence-electron chi connectivity index (χ1n) is 7.62. The summed E-state index contributed by atoms with van der Waals surface area (Å²) in [5, 5.41) is 3.38. The number of aromatic nitrogens is 1. The summed E-state index contributed by atoms with van der Waals surface area (Å²) in [7, 11) is 0. The van der Waals surface area contributed by atoms with Gasteiger partial charge in [-0.1, -0.05) is 23.7 Å². The molecule has 0 saturated carbocycles. The average Bonchev–Trinajstić information content (AvgIpc) is 2.61. The van der Waals surface area contributed by atoms with Gasteiger partial charge < -0.3 is 15.0 Å². The molecule has 1 atom stereocenters. The molecule has 1 saturated heterocycles. The molecule has 24 heavy (non-hydrogen) atoms. The lowest BCUT2D eigenvalue weighted by Gasteiger charge is -2.33. The maximum Gasteiger partial charge on any atom is 0.317 e. The zero-order valence-electron chi connectivity index (χ0n) is 12.9. The molecule has 0 aliphatic carbocycles. The van der Waals surface area contributed by atoms with Crippen molar-refractivity contribution in [3.8, 4) is 0 Å². The van der Waals surface area contributed by atoms with Gasteiger partial charge in [-0.05, 0) is 29.8 Å². The molecular formula is C17H17ClFN3O2. The monoisotopic (exact) mass is 349 g/mol. The van der Waals surface area contributed by atoms with Gasteiger partial charge in [0, 0.05) is 12.7 Å². The number of nitrogens with one attached hydrogen (secondary N) is 1. The molecule has 1 aliphatic rings. The Balaban J connectivity index is 1.57. The SMILES string of the molecule is O=C(NCc1ccc(Cl)cn1)N1CCO[C@H](c2cccc(F)c2)C1. The van der Waals surface area contributed by atoms with Crippen LogP contribution < -0.4 is 5.32 Å². The average molecular weight is 350 g/mol. The summed E-state index contributed by atoms with van der Waals surface area (Å²) < 4.78 is 19.0. The van der Waals surface area contributed by atoms with Crippen molar-refractivity contribution in [3.63, 3.8) is 0 Å². The second-order valence-electron chi connectivity index (χ2n) is 5.49. The molecule has 0 radical (unpaired) electrons. The van der Waals surface area contributed by atoms with Crippen molar-refractivity contribution in [2.24, 2.45) is 0 Å². The normalized spacial score (nSPS) is 17.6. The van der Waals surface area contributed by atoms with Crippen LogP contribution in [0.4, 0.5) is 9.18 Å². The lowest BCUT2D eigenvalue weighted by atomic mass is 10.1. The Hall–Kier alpha value is -2.18. The van der Waals surface area contributed by atoms with Crippen molar-refractivity contribution in [1.29, 1.82) is 0 Å². The van der Waals surface area contributed by atoms with Crippen molar-refractivity contribution < 1.29 is 13.9 Å². The van der Waals surface area contributed by atoms with Gasteiger partial charge in [-0.25, -0.2) is 9.18 Å². The molecule has 1 aromatic heterocycles. The van der Waals surface area contributed by atoms with Gasteiger partial charge in [-0.15, -0.1) is 0 Å². The van der Waals surface area contributed by atoms with E-state index in [0.29, 0.717) is 31.3 Å². The summed E-state index contributed by atoms with van der Waals surface area (Å²) in [6.45, 7) is 1.60. The molecule has 2 aromatic rings. The fraction of sp³-hybridized carbons (Fsp3) is 0.294. The van der Waals surface area contributed by atoms with E-state index in [4.69, 9.17) is 16.3 Å². The Bertz CT molecular complexity index is 711. The number of pyridine rings is 1. The van der Waals surface area contributed by atoms with Crippen molar-refractivity contribution in [2.45, 2.75) is 12.6 Å². The highest BCUT2D eigenvalue weighted by atomic mass is 35.5. The molecule has 1 N–H and O–H groups in total. The van der Waals surface area contributed by atoms with E-state index in [1.54, 1.807) is 29.2 Å². The minimum absolute atomic E-state index is 0.198. The highest BCUT2D eigenvalue weighted by Crippen LogP contribution is 2.22. The van der Waals surface area contributed by atoms with Gasteiger partial charge in [0.15, 0.2) is 0 Å². The lowest BCUT2D eigenvalue weighted by Crippen LogP contribution is -2.47. The maximum atomic E-state index is 13.3. The van der Waals surface area contributed by atoms with E-state index in [9.17, 15) is 9.18 Å². The van der Waals surface area contributed by atoms with Crippen LogP contribution >= 0.6 is 11.6 Å². The first kappa shape index (κ1) is 16.7. The molecule has 2 heterocycles. The summed E-state index contributed by atoms with van der Waals surface area (Å²) in [6.07, 6.45) is 1.21. The first-order valence-corrected chi connectivity index (χ1v) is 8.00. The van der Waals surface area contributed by atoms with Crippen molar-refractivity contribution in [2.75, 3.05) is 19.7 Å². The van der Waals surface area contributed by atoms with Gasteiger partial charge >= 0.3 is 6.03 Å². The van der Waals surface area contributed by atoms with Crippen molar-refractivity contribution in [1.82, 2.24) is 15.2 Å². The molecular weight excluding hydrogens is 333 g/mol. The number of amides is 2. The van der Waals surface area contributed by atoms with E-state index in [0.717, 1.165) is 11.3 Å². The largest absolute Gasteiger partial charge is 0.370 e. The quantitative estimate of drug-likeness (QED) is 0.926. The minimum atomic E-state index is -0.325. The number of benzene rings is 1. The Labute approximate surface area is 144 Å². The van der Waals surface area contributed by atoms with Crippen LogP contribution in [0.2, 0.25) is 5.02 Å². The molecule has 1 aromatic carbocycles. The topological polar surface area (TPSA) is 54.5 Å². The maximum absolute atomic E-state index is 13.3. The van der Waals surface area contributed by atoms with Gasteiger partial charge in [-0.3, -0.25) is 4.98 Å². The number of urea groups is 1. The molecule has 126 valence electrons. The highest BCUT2D eigenvalue weighted by Gasteiger charge is 2.25. The molecule has 1 aliphatic heterocycles. The van der Waals surface area contributed by atoms with E-state index >= 15 is 0 Å². The summed E-state index contributed by atoms with van der Waals surface area (Å²) in [6, 6.07) is 9.55. The Morgan fingerprint density at radius 3 is 3.04 bits per heavy atom. The third kappa shape index (κ3) is 4.21. The minimum Gasteiger partial charge on any atom is -0.370 e. The van der Waals surface area contributed by atoms with E-state index in [-0.39, 0.29) is 18.0 Å². The van der Waals surface area contributed by atoms with Gasteiger partial charge in [0.25, 0.3) is 0 Å². The summed E-state index contributed by atoms with van der Waals surface area (Å²) in [4.78, 5) is 18.1. The third-order valence-electron chi connectivity index (χ3n) is 3.78. The van der Waals surface area contributed by atoms with Crippen LogP contribution in [0.5, 0.6) is 0 Å². The number of halogens is 2. The van der Waals surface area contributed by atoms with Crippen LogP contribution in [0.15, 0.2) is 42.6 Å².